The van der Waals surface area contributed by atoms with Crippen LogP contribution in [0.25, 0.3) is 0 Å². The van der Waals surface area contributed by atoms with Crippen LogP contribution < -0.4 is 10.2 Å². The molecule has 0 aromatic rings. The average Bonchev–Trinajstić information content (AvgIpc) is 1.33. The molecule has 0 atom stereocenters. The quantitative estimate of drug-likeness (QED) is 0.353. The van der Waals surface area contributed by atoms with Gasteiger partial charge in [-0.1, -0.05) is 0 Å². The molecule has 0 spiro atoms. The summed E-state index contributed by atoms with van der Waals surface area (Å²) in [6.07, 6.45) is -2.08. The molecule has 0 N–H and O–H groups in total. The van der Waals surface area contributed by atoms with E-state index in [4.69, 9.17) is 24.6 Å². The van der Waals surface area contributed by atoms with E-state index in [1.165, 1.54) is 0 Å². The van der Waals surface area contributed by atoms with Crippen molar-refractivity contribution in [1.82, 2.24) is 0 Å². The Morgan fingerprint density at radius 3 is 1.25 bits per heavy atom. The zero-order valence-corrected chi connectivity index (χ0v) is 4.35. The Kier molecular flexibility index (Phi) is 32.3. The number of carbonyl (C=O) groups is 1. The molecule has 0 aliphatic heterocycles. The van der Waals surface area contributed by atoms with E-state index in [0.717, 1.165) is 0 Å². The number of carboxylic acid groups (broad SMARTS) is 2. The normalized spacial score (nSPS) is 4.00. The van der Waals surface area contributed by atoms with Crippen LogP contribution in [0.4, 0.5) is 4.79 Å². The second-order valence-electron chi connectivity index (χ2n) is 0.333. The van der Waals surface area contributed by atoms with Gasteiger partial charge in [0.1, 0.15) is 0 Å². The van der Waals surface area contributed by atoms with Crippen molar-refractivity contribution in [1.29, 1.82) is 0 Å². The molecule has 0 saturated carbocycles. The van der Waals surface area contributed by atoms with Crippen LogP contribution in [-0.2, 0) is 26.1 Å². The average molecular weight is 163 g/mol. The third-order valence-electron chi connectivity index (χ3n) is 0. The monoisotopic (exact) mass is 162 g/mol. The van der Waals surface area contributed by atoms with E-state index in [-0.39, 0.29) is 22.6 Å². The number of rotatable bonds is 0. The van der Waals surface area contributed by atoms with E-state index in [1.54, 1.807) is 0 Å². The fourth-order valence-corrected chi connectivity index (χ4v) is 0. The second-order valence-corrected chi connectivity index (χ2v) is 0.333. The van der Waals surface area contributed by atoms with Gasteiger partial charge in [-0.15, -0.1) is 0 Å². The second kappa shape index (κ2) is 16.4. The summed E-state index contributed by atoms with van der Waals surface area (Å²) in [6, 6.07) is 0. The molecule has 0 saturated heterocycles. The first-order valence-electron chi connectivity index (χ1n) is 1.02. The topological polar surface area (TPSA) is 97.3 Å². The molecule has 0 aliphatic carbocycles. The molecule has 6 heteroatoms. The van der Waals surface area contributed by atoms with E-state index in [1.807, 2.05) is 0 Å². The number of hydrogen-bond acceptors (Lipinski definition) is 5. The van der Waals surface area contributed by atoms with Crippen LogP contribution in [0.5, 0.6) is 0 Å². The van der Waals surface area contributed by atoms with Gasteiger partial charge in [0.25, 0.3) is 0 Å². The molecule has 8 heavy (non-hydrogen) atoms. The third-order valence-corrected chi connectivity index (χ3v) is 0. The van der Waals surface area contributed by atoms with Crippen LogP contribution in [-0.4, -0.2) is 12.3 Å². The van der Waals surface area contributed by atoms with Gasteiger partial charge >= 0.3 is 22.6 Å². The van der Waals surface area contributed by atoms with Crippen molar-refractivity contribution >= 4 is 12.3 Å². The standard InChI is InChI=1S/CH2O3.CO2.Ni/c2-1(3)4;2-1-3;/h(H2,2,3,4);;/q;;+2/p-2. The molecular weight excluding hydrogens is 163 g/mol. The zero-order chi connectivity index (χ0) is 6.28. The molecule has 0 aliphatic rings. The van der Waals surface area contributed by atoms with Gasteiger partial charge in [-0.2, -0.15) is 9.59 Å². The minimum Gasteiger partial charge on any atom is -0.652 e. The summed E-state index contributed by atoms with van der Waals surface area (Å²) in [7, 11) is 0. The van der Waals surface area contributed by atoms with Crippen LogP contribution in [0, 0.1) is 0 Å². The molecule has 0 rings (SSSR count). The summed E-state index contributed by atoms with van der Waals surface area (Å²) in [5.41, 5.74) is 0. The first-order chi connectivity index (χ1) is 3.15. The van der Waals surface area contributed by atoms with E-state index in [0.29, 0.717) is 0 Å². The zero-order valence-electron chi connectivity index (χ0n) is 3.36. The molecule has 5 nitrogen and oxygen atoms in total. The van der Waals surface area contributed by atoms with Crippen LogP contribution in [0.2, 0.25) is 0 Å². The van der Waals surface area contributed by atoms with Gasteiger partial charge < -0.3 is 15.0 Å². The van der Waals surface area contributed by atoms with E-state index in [2.05, 4.69) is 0 Å². The Morgan fingerprint density at radius 2 is 1.25 bits per heavy atom. The van der Waals surface area contributed by atoms with Gasteiger partial charge in [0.05, 0.1) is 0 Å². The van der Waals surface area contributed by atoms with Gasteiger partial charge in [0.2, 0.25) is 0 Å². The van der Waals surface area contributed by atoms with Crippen molar-refractivity contribution in [3.63, 3.8) is 0 Å². The summed E-state index contributed by atoms with van der Waals surface area (Å²) >= 11 is 0. The summed E-state index contributed by atoms with van der Waals surface area (Å²) in [5, 5.41) is 16.7. The fourth-order valence-electron chi connectivity index (χ4n) is 0. The van der Waals surface area contributed by atoms with Crippen LogP contribution in [0.3, 0.4) is 0 Å². The summed E-state index contributed by atoms with van der Waals surface area (Å²) in [5.74, 6) is 0. The Hall–Kier alpha value is -0.856. The first kappa shape index (κ1) is 15.7. The molecule has 0 amide bonds. The minimum absolute atomic E-state index is 0. The fraction of sp³-hybridized carbons (Fsp3) is 0. The predicted octanol–water partition coefficient (Wildman–Crippen LogP) is -3.03. The maximum atomic E-state index is 8.33. The molecule has 0 aromatic heterocycles. The van der Waals surface area contributed by atoms with Gasteiger partial charge in [0, 0.05) is 0 Å². The maximum Gasteiger partial charge on any atom is 2.00 e. The van der Waals surface area contributed by atoms with Crippen molar-refractivity contribution in [3.05, 3.63) is 0 Å². The molecule has 0 aromatic carbocycles. The number of hydrogen-bond donors (Lipinski definition) is 0. The van der Waals surface area contributed by atoms with Gasteiger partial charge in [0.15, 0.2) is 0 Å². The molecule has 0 radical (unpaired) electrons. The van der Waals surface area contributed by atoms with Crippen molar-refractivity contribution in [2.75, 3.05) is 0 Å². The van der Waals surface area contributed by atoms with Crippen LogP contribution in [0.15, 0.2) is 0 Å². The van der Waals surface area contributed by atoms with Crippen molar-refractivity contribution in [2.45, 2.75) is 0 Å². The van der Waals surface area contributed by atoms with E-state index in [9.17, 15) is 0 Å². The van der Waals surface area contributed by atoms with Gasteiger partial charge in [-0.3, -0.25) is 0 Å². The molecule has 0 bridgehead atoms. The smallest absolute Gasteiger partial charge is 0.652 e. The van der Waals surface area contributed by atoms with Crippen molar-refractivity contribution in [2.24, 2.45) is 0 Å². The molecule has 0 fully saturated rings. The Bertz CT molecular complexity index is 78.4. The number of carbonyl (C=O) groups excluding carboxylic acids is 3. The van der Waals surface area contributed by atoms with E-state index >= 15 is 0 Å². The molecule has 0 heterocycles. The maximum absolute atomic E-state index is 8.33. The van der Waals surface area contributed by atoms with Gasteiger partial charge in [-0.25, -0.2) is 0 Å². The summed E-state index contributed by atoms with van der Waals surface area (Å²) in [4.78, 5) is 24.6. The van der Waals surface area contributed by atoms with Crippen molar-refractivity contribution < 1.29 is 41.1 Å². The minimum atomic E-state index is -2.33. The summed E-state index contributed by atoms with van der Waals surface area (Å²) < 4.78 is 0. The Labute approximate surface area is 54.2 Å². The Morgan fingerprint density at radius 1 is 1.25 bits per heavy atom. The Balaban J connectivity index is -0.0000000575. The molecule has 0 unspecified atom stereocenters. The summed E-state index contributed by atoms with van der Waals surface area (Å²) in [6.45, 7) is 0. The van der Waals surface area contributed by atoms with Gasteiger partial charge in [-0.05, 0) is 6.16 Å². The molecule has 48 valence electrons. The van der Waals surface area contributed by atoms with Crippen LogP contribution >= 0.6 is 0 Å². The van der Waals surface area contributed by atoms with E-state index < -0.39 is 6.16 Å². The van der Waals surface area contributed by atoms with Crippen LogP contribution in [0.1, 0.15) is 0 Å². The largest absolute Gasteiger partial charge is 2.00 e. The first-order valence-corrected chi connectivity index (χ1v) is 1.02. The third kappa shape index (κ3) is 120. The predicted molar refractivity (Wildman–Crippen MR) is 10.4 cm³/mol. The van der Waals surface area contributed by atoms with Crippen molar-refractivity contribution in [3.8, 4) is 0 Å². The SMILES string of the molecule is O=C([O-])[O-].O=C=O.[Ni+2]. The molecular formula is C2NiO5.